The van der Waals surface area contributed by atoms with Crippen LogP contribution in [-0.4, -0.2) is 24.1 Å². The zero-order valence-corrected chi connectivity index (χ0v) is 8.29. The molecule has 1 saturated heterocycles. The van der Waals surface area contributed by atoms with Gasteiger partial charge in [0.1, 0.15) is 5.60 Å². The molecule has 4 heteroatoms. The zero-order chi connectivity index (χ0) is 10.1. The van der Waals surface area contributed by atoms with Gasteiger partial charge in [-0.25, -0.2) is 5.41 Å². The Morgan fingerprint density at radius 3 is 2.77 bits per heavy atom. The minimum atomic E-state index is -0.413. The van der Waals surface area contributed by atoms with Crippen molar-refractivity contribution >= 4 is 11.9 Å². The van der Waals surface area contributed by atoms with Crippen LogP contribution in [0.5, 0.6) is 0 Å². The first-order valence-electron chi connectivity index (χ1n) is 4.44. The summed E-state index contributed by atoms with van der Waals surface area (Å²) in [6, 6.07) is 0. The van der Waals surface area contributed by atoms with Gasteiger partial charge in [0.2, 0.25) is 0 Å². The highest BCUT2D eigenvalue weighted by atomic mass is 16.6. The summed E-state index contributed by atoms with van der Waals surface area (Å²) < 4.78 is 10.2. The van der Waals surface area contributed by atoms with Crippen molar-refractivity contribution in [3.63, 3.8) is 0 Å². The largest absolute Gasteiger partial charge is 0.459 e. The molecular formula is C9H16NO3+. The van der Waals surface area contributed by atoms with E-state index in [-0.39, 0.29) is 11.9 Å². The molecule has 1 unspecified atom stereocenters. The van der Waals surface area contributed by atoms with Gasteiger partial charge in [0, 0.05) is 6.42 Å². The van der Waals surface area contributed by atoms with Gasteiger partial charge in [-0.05, 0) is 20.8 Å². The van der Waals surface area contributed by atoms with Gasteiger partial charge in [0.05, 0.1) is 6.61 Å². The Balaban J connectivity index is 2.63. The number of ether oxygens (including phenoxy) is 2. The van der Waals surface area contributed by atoms with Crippen LogP contribution < -0.4 is 5.41 Å². The predicted octanol–water partition coefficient (Wildman–Crippen LogP) is -0.478. The monoisotopic (exact) mass is 186 g/mol. The van der Waals surface area contributed by atoms with Crippen molar-refractivity contribution in [2.45, 2.75) is 32.8 Å². The quantitative estimate of drug-likeness (QED) is 0.360. The highest BCUT2D eigenvalue weighted by Gasteiger charge is 2.45. The van der Waals surface area contributed by atoms with Crippen molar-refractivity contribution in [3.8, 4) is 0 Å². The van der Waals surface area contributed by atoms with Crippen LogP contribution in [0.4, 0.5) is 0 Å². The highest BCUT2D eigenvalue weighted by molar-refractivity contribution is 5.96. The van der Waals surface area contributed by atoms with Crippen LogP contribution in [0.25, 0.3) is 0 Å². The number of rotatable bonds is 2. The third kappa shape index (κ3) is 2.20. The maximum Gasteiger partial charge on any atom is 0.347 e. The number of hydrogen-bond acceptors (Lipinski definition) is 3. The summed E-state index contributed by atoms with van der Waals surface area (Å²) in [6.45, 7) is 6.04. The topological polar surface area (TPSA) is 61.1 Å². The van der Waals surface area contributed by atoms with E-state index < -0.39 is 11.5 Å². The van der Waals surface area contributed by atoms with Crippen molar-refractivity contribution in [2.24, 2.45) is 5.92 Å². The molecule has 0 aliphatic carbocycles. The first kappa shape index (κ1) is 10.0. The Morgan fingerprint density at radius 1 is 1.77 bits per heavy atom. The Kier molecular flexibility index (Phi) is 2.59. The smallest absolute Gasteiger partial charge is 0.347 e. The first-order valence-corrected chi connectivity index (χ1v) is 4.44. The second-order valence-corrected chi connectivity index (χ2v) is 3.77. The van der Waals surface area contributed by atoms with E-state index in [2.05, 4.69) is 0 Å². The summed E-state index contributed by atoms with van der Waals surface area (Å²) in [6.07, 6.45) is 0.595. The standard InChI is InChI=1S/C9H15NO3/c1-4-12-7(10)6-5-9(2,3)13-8(6)11/h6,10H,4-5H2,1-3H3/p+1. The molecule has 0 aromatic heterocycles. The van der Waals surface area contributed by atoms with Gasteiger partial charge in [-0.15, -0.1) is 0 Å². The summed E-state index contributed by atoms with van der Waals surface area (Å²) in [4.78, 5) is 11.3. The van der Waals surface area contributed by atoms with E-state index in [0.717, 1.165) is 0 Å². The van der Waals surface area contributed by atoms with Crippen LogP contribution in [0.15, 0.2) is 0 Å². The number of hydrogen-bond donors (Lipinski definition) is 1. The van der Waals surface area contributed by atoms with Gasteiger partial charge in [0.15, 0.2) is 5.92 Å². The molecule has 74 valence electrons. The fourth-order valence-corrected chi connectivity index (χ4v) is 1.44. The fraction of sp³-hybridized carbons (Fsp3) is 0.778. The average molecular weight is 186 g/mol. The summed E-state index contributed by atoms with van der Waals surface area (Å²) in [5.74, 6) is -0.399. The van der Waals surface area contributed by atoms with Gasteiger partial charge in [-0.2, -0.15) is 0 Å². The Hall–Kier alpha value is -1.06. The molecule has 1 atom stereocenters. The van der Waals surface area contributed by atoms with E-state index in [1.165, 1.54) is 0 Å². The number of carbonyl (C=O) groups is 1. The van der Waals surface area contributed by atoms with E-state index in [4.69, 9.17) is 14.9 Å². The van der Waals surface area contributed by atoms with Crippen LogP contribution >= 0.6 is 0 Å². The normalized spacial score (nSPS) is 25.5. The Labute approximate surface area is 77.7 Å². The van der Waals surface area contributed by atoms with Crippen molar-refractivity contribution in [2.75, 3.05) is 6.61 Å². The molecule has 13 heavy (non-hydrogen) atoms. The summed E-state index contributed by atoms with van der Waals surface area (Å²) in [7, 11) is 0. The van der Waals surface area contributed by atoms with E-state index in [9.17, 15) is 4.79 Å². The number of cyclic esters (lactones) is 1. The zero-order valence-electron chi connectivity index (χ0n) is 8.29. The minimum Gasteiger partial charge on any atom is -0.459 e. The molecule has 2 N–H and O–H groups in total. The average Bonchev–Trinajstić information content (AvgIpc) is 2.25. The van der Waals surface area contributed by atoms with Crippen LogP contribution in [0.1, 0.15) is 27.2 Å². The lowest BCUT2D eigenvalue weighted by molar-refractivity contribution is -0.157. The van der Waals surface area contributed by atoms with E-state index >= 15 is 0 Å². The van der Waals surface area contributed by atoms with Crippen LogP contribution in [-0.2, 0) is 14.3 Å². The second-order valence-electron chi connectivity index (χ2n) is 3.77. The first-order chi connectivity index (χ1) is 5.96. The van der Waals surface area contributed by atoms with Crippen LogP contribution in [0.3, 0.4) is 0 Å². The number of esters is 1. The molecule has 0 bridgehead atoms. The molecule has 0 amide bonds. The lowest BCUT2D eigenvalue weighted by Gasteiger charge is -2.14. The van der Waals surface area contributed by atoms with Crippen LogP contribution in [0.2, 0.25) is 0 Å². The fourth-order valence-electron chi connectivity index (χ4n) is 1.44. The molecule has 4 nitrogen and oxygen atoms in total. The summed E-state index contributed by atoms with van der Waals surface area (Å²) in [5.41, 5.74) is -0.413. The van der Waals surface area contributed by atoms with E-state index in [1.54, 1.807) is 0 Å². The molecule has 0 aromatic rings. The third-order valence-electron chi connectivity index (χ3n) is 2.01. The summed E-state index contributed by atoms with van der Waals surface area (Å²) in [5, 5.41) is 5.59. The van der Waals surface area contributed by atoms with Gasteiger partial charge in [0.25, 0.3) is 0 Å². The lowest BCUT2D eigenvalue weighted by Crippen LogP contribution is -2.47. The van der Waals surface area contributed by atoms with Crippen molar-refractivity contribution < 1.29 is 19.7 Å². The van der Waals surface area contributed by atoms with E-state index in [1.807, 2.05) is 20.8 Å². The second kappa shape index (κ2) is 3.36. The molecule has 1 aliphatic rings. The van der Waals surface area contributed by atoms with Crippen molar-refractivity contribution in [1.29, 1.82) is 0 Å². The molecule has 0 spiro atoms. The maximum absolute atomic E-state index is 11.3. The Morgan fingerprint density at radius 2 is 2.38 bits per heavy atom. The molecule has 0 saturated carbocycles. The molecule has 0 aromatic carbocycles. The molecule has 0 radical (unpaired) electrons. The third-order valence-corrected chi connectivity index (χ3v) is 2.01. The highest BCUT2D eigenvalue weighted by Crippen LogP contribution is 2.30. The minimum absolute atomic E-state index is 0.276. The lowest BCUT2D eigenvalue weighted by atomic mass is 9.97. The molecule has 1 fully saturated rings. The van der Waals surface area contributed by atoms with Crippen molar-refractivity contribution in [1.82, 2.24) is 0 Å². The molecule has 1 rings (SSSR count). The van der Waals surface area contributed by atoms with Crippen molar-refractivity contribution in [3.05, 3.63) is 0 Å². The Bertz CT molecular complexity index is 235. The van der Waals surface area contributed by atoms with Crippen LogP contribution in [0, 0.1) is 5.92 Å². The van der Waals surface area contributed by atoms with Gasteiger partial charge < -0.3 is 9.47 Å². The van der Waals surface area contributed by atoms with Gasteiger partial charge in [-0.1, -0.05) is 0 Å². The number of nitrogens with two attached hydrogens (primary N) is 1. The predicted molar refractivity (Wildman–Crippen MR) is 46.8 cm³/mol. The molecular weight excluding hydrogens is 170 g/mol. The van der Waals surface area contributed by atoms with Gasteiger partial charge >= 0.3 is 11.9 Å². The molecule has 1 aliphatic heterocycles. The molecule has 1 heterocycles. The number of carbonyl (C=O) groups excluding carboxylic acids is 1. The van der Waals surface area contributed by atoms with Gasteiger partial charge in [-0.3, -0.25) is 4.79 Å². The maximum atomic E-state index is 11.3. The van der Waals surface area contributed by atoms with E-state index in [0.29, 0.717) is 13.0 Å². The summed E-state index contributed by atoms with van der Waals surface area (Å²) >= 11 is 0. The SMILES string of the molecule is CCOC(=[NH2+])C1CC(C)(C)OC1=O.